The number of aromatic hydroxyl groups is 1. The quantitative estimate of drug-likeness (QED) is 0.0214. The smallest absolute Gasteiger partial charge is 0.297 e. The third-order valence-corrected chi connectivity index (χ3v) is 19.2. The Labute approximate surface area is 390 Å². The Morgan fingerprint density at radius 2 is 1.22 bits per heavy atom. The van der Waals surface area contributed by atoms with Crippen molar-refractivity contribution in [1.82, 2.24) is 0 Å². The lowest BCUT2D eigenvalue weighted by Crippen LogP contribution is -2.52. The van der Waals surface area contributed by atoms with E-state index >= 15 is 0 Å². The number of aryl methyl sites for hydroxylation is 1. The van der Waals surface area contributed by atoms with E-state index in [1.54, 1.807) is 0 Å². The molecule has 0 atom stereocenters. The van der Waals surface area contributed by atoms with Crippen LogP contribution in [0.3, 0.4) is 0 Å². The summed E-state index contributed by atoms with van der Waals surface area (Å²) in [6.07, 6.45) is 3.40. The number of carbonyl (C=O) groups excluding carboxylic acids is 1. The summed E-state index contributed by atoms with van der Waals surface area (Å²) in [5.74, 6) is -1.70. The minimum atomic E-state index is -5.73. The monoisotopic (exact) mass is 1070 g/mol. The molecule has 0 aliphatic rings. The molecule has 26 nitrogen and oxygen atoms in total. The first kappa shape index (κ1) is 52.1. The number of phenolic OH excluding ortho intramolecular Hbond substituents is 1. The fourth-order valence-corrected chi connectivity index (χ4v) is 13.1. The first-order valence-electron chi connectivity index (χ1n) is 18.6. The Kier molecular flexibility index (Phi) is 14.0. The van der Waals surface area contributed by atoms with Gasteiger partial charge in [-0.25, -0.2) is 21.4 Å². The van der Waals surface area contributed by atoms with Crippen LogP contribution in [0, 0.1) is 0 Å². The largest absolute Gasteiger partial charge is 0.505 e. The lowest BCUT2D eigenvalue weighted by Gasteiger charge is -2.26. The molecule has 5 aromatic carbocycles. The highest BCUT2D eigenvalue weighted by molar-refractivity contribution is 8.08. The van der Waals surface area contributed by atoms with E-state index in [0.717, 1.165) is 42.5 Å². The number of fused-ring (bicyclic) bond motifs is 2. The Balaban J connectivity index is 1.44. The minimum absolute atomic E-state index is 0.174. The van der Waals surface area contributed by atoms with Crippen LogP contribution < -0.4 is 10.3 Å². The number of carbonyl (C=O) groups is 1. The van der Waals surface area contributed by atoms with E-state index in [9.17, 15) is 88.8 Å². The maximum absolute atomic E-state index is 13.3. The number of nitrogens with two attached hydrogens (primary N) is 1. The first-order chi connectivity index (χ1) is 31.9. The van der Waals surface area contributed by atoms with Crippen molar-refractivity contribution < 1.29 is 93.4 Å². The maximum Gasteiger partial charge on any atom is 0.297 e. The number of nitrogen functional groups attached to an aromatic ring is 1. The van der Waals surface area contributed by atoms with Gasteiger partial charge in [-0.3, -0.25) is 23.0 Å². The number of anilines is 1. The molecule has 0 aliphatic heterocycles. The number of nitrogens with zero attached hydrogens (tertiary/aromatic N) is 5. The highest BCUT2D eigenvalue weighted by Crippen LogP contribution is 2.47. The molecule has 0 fully saturated rings. The predicted molar refractivity (Wildman–Crippen MR) is 238 cm³/mol. The summed E-state index contributed by atoms with van der Waals surface area (Å²) in [5, 5.41) is 44.0. The van der Waals surface area contributed by atoms with Crippen LogP contribution in [-0.2, 0) is 66.7 Å². The molecule has 6 rings (SSSR count). The second kappa shape index (κ2) is 18.6. The molecule has 0 saturated heterocycles. The van der Waals surface area contributed by atoms with Gasteiger partial charge in [-0.1, -0.05) is 12.1 Å². The van der Waals surface area contributed by atoms with E-state index in [4.69, 9.17) is 5.73 Å². The van der Waals surface area contributed by atoms with Crippen molar-refractivity contribution in [3.63, 3.8) is 0 Å². The minimum Gasteiger partial charge on any atom is -0.505 e. The van der Waals surface area contributed by atoms with Gasteiger partial charge in [-0.2, -0.15) is 33.7 Å². The van der Waals surface area contributed by atoms with Gasteiger partial charge in [-0.05, 0) is 66.0 Å². The number of hydrogen-bond donors (Lipinski definition) is 8. The molecule has 6 aromatic rings. The average Bonchev–Trinajstić information content (AvgIpc) is 3.26. The number of benzene rings is 5. The highest BCUT2D eigenvalue weighted by atomic mass is 32.3. The van der Waals surface area contributed by atoms with E-state index in [0.29, 0.717) is 30.6 Å². The Morgan fingerprint density at radius 3 is 1.81 bits per heavy atom. The van der Waals surface area contributed by atoms with Gasteiger partial charge in [-0.15, -0.1) is 20.5 Å². The summed E-state index contributed by atoms with van der Waals surface area (Å²) in [6, 6.07) is 11.9. The van der Waals surface area contributed by atoms with Crippen molar-refractivity contribution >= 4 is 116 Å². The van der Waals surface area contributed by atoms with Crippen molar-refractivity contribution in [2.75, 3.05) is 24.7 Å². The number of aldehydes is 1. The number of azo groups is 2. The molecule has 1 aromatic heterocycles. The third kappa shape index (κ3) is 10.1. The molecular formula is C37H33N6O20S6+. The van der Waals surface area contributed by atoms with Crippen molar-refractivity contribution in [3.8, 4) is 5.75 Å². The zero-order chi connectivity index (χ0) is 51.3. The van der Waals surface area contributed by atoms with Crippen LogP contribution in [0.1, 0.15) is 10.4 Å². The van der Waals surface area contributed by atoms with Crippen LogP contribution in [0.2, 0.25) is 0 Å². The second-order valence-corrected chi connectivity index (χ2v) is 24.9. The van der Waals surface area contributed by atoms with Gasteiger partial charge >= 0.3 is 0 Å². The van der Waals surface area contributed by atoms with E-state index in [-0.39, 0.29) is 28.6 Å². The van der Waals surface area contributed by atoms with Gasteiger partial charge < -0.3 is 21.1 Å². The van der Waals surface area contributed by atoms with Gasteiger partial charge in [0, 0.05) is 22.2 Å². The number of phenols is 1. The molecule has 366 valence electrons. The number of aliphatic hydroxyl groups is 2. The number of hydrogen-bond acceptors (Lipinski definition) is 21. The van der Waals surface area contributed by atoms with Crippen LogP contribution in [0.15, 0.2) is 136 Å². The Bertz CT molecular complexity index is 3900. The summed E-state index contributed by atoms with van der Waals surface area (Å²) in [7, 11) is -31.5. The fraction of sp³-hybridized carbons (Fsp3) is 0.135. The van der Waals surface area contributed by atoms with Gasteiger partial charge in [0.05, 0.1) is 34.3 Å². The standard InChI is InChI=1S/C37H32N6O20S6/c38-28-8-7-26-27(33(28)41-39-29-10-5-23(15-31(29)66(52,53)54)64(48,49)13-12-43-11-1-2-21(17-43)18-44)16-32(67(55,56)57)34(35(26)47)42-40-30-9-3-22-14-24(4-6-25(22)36(30)68(58,59)60)65(50,51)37(19-45,20-46)69(61,62)63/h1-11,14-18,45-46H,12-13,19-20H2,(H6-,38,39,40,47,52,53,54,55,56,57,58,59,60,61,62,63)/p+1. The lowest BCUT2D eigenvalue weighted by atomic mass is 10.1. The molecule has 0 spiro atoms. The molecule has 32 heteroatoms. The van der Waals surface area contributed by atoms with E-state index in [1.165, 1.54) is 29.1 Å². The van der Waals surface area contributed by atoms with Crippen LogP contribution in [0.25, 0.3) is 21.5 Å². The molecule has 0 saturated carbocycles. The van der Waals surface area contributed by atoms with Crippen LogP contribution >= 0.6 is 0 Å². The van der Waals surface area contributed by atoms with Crippen LogP contribution in [0.5, 0.6) is 5.75 Å². The normalized spacial score (nSPS) is 13.5. The van der Waals surface area contributed by atoms with Crippen molar-refractivity contribution in [3.05, 3.63) is 96.8 Å². The zero-order valence-electron chi connectivity index (χ0n) is 34.3. The third-order valence-electron chi connectivity index (χ3n) is 10.2. The van der Waals surface area contributed by atoms with E-state index in [2.05, 4.69) is 20.5 Å². The Hall–Kier alpha value is -6.30. The fourth-order valence-electron chi connectivity index (χ4n) is 6.63. The number of aliphatic hydroxyl groups excluding tert-OH is 2. The van der Waals surface area contributed by atoms with Gasteiger partial charge in [0.25, 0.3) is 40.5 Å². The molecule has 9 N–H and O–H groups in total. The van der Waals surface area contributed by atoms with Crippen molar-refractivity contribution in [1.29, 1.82) is 0 Å². The van der Waals surface area contributed by atoms with Crippen molar-refractivity contribution in [2.24, 2.45) is 20.5 Å². The van der Waals surface area contributed by atoms with E-state index in [1.807, 2.05) is 0 Å². The molecule has 0 amide bonds. The summed E-state index contributed by atoms with van der Waals surface area (Å²) < 4.78 is 191. The summed E-state index contributed by atoms with van der Waals surface area (Å²) >= 11 is 0. The maximum atomic E-state index is 13.3. The lowest BCUT2D eigenvalue weighted by molar-refractivity contribution is -0.692. The van der Waals surface area contributed by atoms with Gasteiger partial charge in [0.15, 0.2) is 40.8 Å². The number of aromatic nitrogens is 1. The SMILES string of the molecule is Nc1ccc2c(O)c(N=Nc3ccc4cc(S(=O)(=O)C(CO)(CO)S(=O)(=O)O)ccc4c3S(=O)(=O)O)c(S(=O)(=O)O)cc2c1N=Nc1ccc(S(=O)(=O)CC[n+]2cccc(C=O)c2)cc1S(=O)(=O)O. The van der Waals surface area contributed by atoms with Crippen LogP contribution in [-0.4, -0.2) is 113 Å². The van der Waals surface area contributed by atoms with Gasteiger partial charge in [0.2, 0.25) is 13.9 Å². The molecule has 0 unspecified atom stereocenters. The highest BCUT2D eigenvalue weighted by Gasteiger charge is 2.55. The number of sulfone groups is 2. The predicted octanol–water partition coefficient (Wildman–Crippen LogP) is 2.77. The molecule has 0 bridgehead atoms. The molecule has 0 aliphatic carbocycles. The Morgan fingerprint density at radius 1 is 0.623 bits per heavy atom. The van der Waals surface area contributed by atoms with Crippen molar-refractivity contribution in [2.45, 2.75) is 35.1 Å². The molecule has 1 heterocycles. The molecule has 0 radical (unpaired) electrons. The summed E-state index contributed by atoms with van der Waals surface area (Å²) in [6.45, 7) is -3.82. The number of pyridine rings is 1. The number of rotatable bonds is 17. The average molecular weight is 1070 g/mol. The topological polar surface area (TPSA) is 443 Å². The molecule has 69 heavy (non-hydrogen) atoms. The molecular weight excluding hydrogens is 1040 g/mol. The first-order valence-corrected chi connectivity index (χ1v) is 27.5. The van der Waals surface area contributed by atoms with E-state index < -0.39 is 147 Å². The van der Waals surface area contributed by atoms with Crippen LogP contribution in [0.4, 0.5) is 28.4 Å². The summed E-state index contributed by atoms with van der Waals surface area (Å²) in [4.78, 5) is 6.13. The second-order valence-electron chi connectivity index (χ2n) is 14.4. The van der Waals surface area contributed by atoms with Gasteiger partial charge in [0.1, 0.15) is 43.2 Å². The zero-order valence-corrected chi connectivity index (χ0v) is 39.2. The summed E-state index contributed by atoms with van der Waals surface area (Å²) in [5.41, 5.74) is 2.94.